The second-order valence-electron chi connectivity index (χ2n) is 8.13. The summed E-state index contributed by atoms with van der Waals surface area (Å²) in [6, 6.07) is 8.59. The first kappa shape index (κ1) is 19.7. The molecule has 156 valence electrons. The number of aryl methyl sites for hydroxylation is 1. The fourth-order valence-corrected chi connectivity index (χ4v) is 5.00. The third-order valence-corrected chi connectivity index (χ3v) is 7.18. The largest absolute Gasteiger partial charge is 0.390 e. The molecule has 0 spiro atoms. The van der Waals surface area contributed by atoms with Crippen LogP contribution in [-0.4, -0.2) is 67.0 Å². The molecule has 2 aliphatic rings. The number of likely N-dealkylation sites (tertiary alicyclic amines) is 1. The van der Waals surface area contributed by atoms with Gasteiger partial charge in [0.15, 0.2) is 0 Å². The molecule has 0 aliphatic carbocycles. The molecule has 7 nitrogen and oxygen atoms in total. The quantitative estimate of drug-likeness (QED) is 0.623. The van der Waals surface area contributed by atoms with E-state index in [1.165, 1.54) is 11.1 Å². The van der Waals surface area contributed by atoms with Crippen molar-refractivity contribution in [3.63, 3.8) is 0 Å². The zero-order valence-corrected chi connectivity index (χ0v) is 18.4. The van der Waals surface area contributed by atoms with Gasteiger partial charge in [-0.05, 0) is 46.8 Å². The number of aliphatic hydroxyl groups is 1. The number of carbonyl (C=O) groups is 1. The van der Waals surface area contributed by atoms with Crippen molar-refractivity contribution in [1.29, 1.82) is 0 Å². The van der Waals surface area contributed by atoms with Gasteiger partial charge < -0.3 is 10.0 Å². The van der Waals surface area contributed by atoms with Crippen LogP contribution in [0.15, 0.2) is 41.1 Å². The van der Waals surface area contributed by atoms with Gasteiger partial charge in [-0.2, -0.15) is 0 Å². The van der Waals surface area contributed by atoms with Gasteiger partial charge in [0.05, 0.1) is 16.8 Å². The lowest BCUT2D eigenvalue weighted by Crippen LogP contribution is -2.56. The highest BCUT2D eigenvalue weighted by molar-refractivity contribution is 9.10. The highest BCUT2D eigenvalue weighted by atomic mass is 79.9. The Labute approximate surface area is 183 Å². The smallest absolute Gasteiger partial charge is 0.272 e. The number of aliphatic hydroxyl groups excluding tert-OH is 1. The normalized spacial score (nSPS) is 22.3. The molecule has 30 heavy (non-hydrogen) atoms. The van der Waals surface area contributed by atoms with Crippen LogP contribution < -0.4 is 0 Å². The zero-order chi connectivity index (χ0) is 20.8. The van der Waals surface area contributed by atoms with Crippen LogP contribution in [0, 0.1) is 6.92 Å². The number of amides is 1. The summed E-state index contributed by atoms with van der Waals surface area (Å²) in [6.45, 7) is 4.67. The summed E-state index contributed by atoms with van der Waals surface area (Å²) in [7, 11) is 0. The highest BCUT2D eigenvalue weighted by Gasteiger charge is 2.36. The van der Waals surface area contributed by atoms with E-state index in [0.29, 0.717) is 24.6 Å². The first-order chi connectivity index (χ1) is 14.5. The molecule has 0 unspecified atom stereocenters. The minimum atomic E-state index is -0.571. The Bertz CT molecular complexity index is 1110. The molecule has 1 aromatic carbocycles. The third kappa shape index (κ3) is 3.33. The molecule has 2 aromatic heterocycles. The van der Waals surface area contributed by atoms with Crippen LogP contribution in [0.1, 0.15) is 33.7 Å². The van der Waals surface area contributed by atoms with E-state index in [0.717, 1.165) is 36.1 Å². The summed E-state index contributed by atoms with van der Waals surface area (Å²) >= 11 is 3.47. The van der Waals surface area contributed by atoms with Crippen molar-refractivity contribution in [2.24, 2.45) is 0 Å². The first-order valence-electron chi connectivity index (χ1n) is 10.3. The van der Waals surface area contributed by atoms with E-state index >= 15 is 0 Å². The van der Waals surface area contributed by atoms with Gasteiger partial charge in [-0.3, -0.25) is 14.1 Å². The number of β-amino-alcohol motifs (C(OH)–C–C–N with tert-alkyl or cyclic N) is 1. The number of aromatic nitrogens is 3. The van der Waals surface area contributed by atoms with Gasteiger partial charge in [0.25, 0.3) is 5.91 Å². The molecule has 0 bridgehead atoms. The third-order valence-electron chi connectivity index (χ3n) is 6.40. The number of imidazole rings is 1. The van der Waals surface area contributed by atoms with E-state index in [1.807, 2.05) is 6.92 Å². The maximum absolute atomic E-state index is 13.2. The van der Waals surface area contributed by atoms with Crippen molar-refractivity contribution < 1.29 is 9.90 Å². The number of benzene rings is 1. The lowest BCUT2D eigenvalue weighted by Gasteiger charge is -2.43. The van der Waals surface area contributed by atoms with Crippen LogP contribution in [0.4, 0.5) is 0 Å². The lowest BCUT2D eigenvalue weighted by atomic mass is 9.94. The number of carbonyl (C=O) groups excluding carboxylic acids is 1. The van der Waals surface area contributed by atoms with E-state index < -0.39 is 6.10 Å². The molecule has 1 amide bonds. The number of nitrogens with zero attached hydrogens (tertiary/aromatic N) is 5. The molecule has 0 radical (unpaired) electrons. The molecule has 2 aliphatic heterocycles. The number of halogens is 1. The minimum absolute atomic E-state index is 0.0714. The van der Waals surface area contributed by atoms with Crippen molar-refractivity contribution in [3.05, 3.63) is 63.6 Å². The summed E-state index contributed by atoms with van der Waals surface area (Å²) in [5, 5.41) is 10.9. The number of fused-ring (bicyclic) bond motifs is 2. The van der Waals surface area contributed by atoms with Crippen LogP contribution in [-0.2, 0) is 13.0 Å². The Kier molecular flexibility index (Phi) is 5.08. The average Bonchev–Trinajstić information content (AvgIpc) is 3.20. The predicted molar refractivity (Wildman–Crippen MR) is 116 cm³/mol. The fourth-order valence-electron chi connectivity index (χ4n) is 4.72. The van der Waals surface area contributed by atoms with Gasteiger partial charge in [0, 0.05) is 44.1 Å². The summed E-state index contributed by atoms with van der Waals surface area (Å²) in [6.07, 6.45) is 4.46. The van der Waals surface area contributed by atoms with Crippen molar-refractivity contribution in [1.82, 2.24) is 24.2 Å². The molecule has 4 heterocycles. The lowest BCUT2D eigenvalue weighted by molar-refractivity contribution is -0.0139. The molecule has 1 fully saturated rings. The van der Waals surface area contributed by atoms with Crippen LogP contribution >= 0.6 is 15.9 Å². The molecule has 3 aromatic rings. The van der Waals surface area contributed by atoms with Crippen LogP contribution in [0.5, 0.6) is 0 Å². The Morgan fingerprint density at radius 1 is 1.17 bits per heavy atom. The SMILES string of the molecule is Cc1c(Br)cnc2ncc(C(=O)N3CC[C@H](N4CCc5ccccc5C4)[C@@H](O)C3)n12. The topological polar surface area (TPSA) is 74.0 Å². The average molecular weight is 470 g/mol. The minimum Gasteiger partial charge on any atom is -0.390 e. The Morgan fingerprint density at radius 3 is 2.73 bits per heavy atom. The van der Waals surface area contributed by atoms with Crippen molar-refractivity contribution >= 4 is 27.6 Å². The number of piperidine rings is 1. The van der Waals surface area contributed by atoms with Crippen LogP contribution in [0.25, 0.3) is 5.78 Å². The number of hydrogen-bond donors (Lipinski definition) is 1. The Balaban J connectivity index is 1.32. The van der Waals surface area contributed by atoms with Crippen LogP contribution in [0.3, 0.4) is 0 Å². The van der Waals surface area contributed by atoms with E-state index in [1.54, 1.807) is 21.7 Å². The summed E-state index contributed by atoms with van der Waals surface area (Å²) < 4.78 is 2.60. The number of rotatable bonds is 2. The standard InChI is InChI=1S/C22H24BrN5O2/c1-14-17(23)10-24-22-25-11-19(28(14)22)21(30)27-9-7-18(20(29)13-27)26-8-6-15-4-2-3-5-16(15)12-26/h2-5,10-11,18,20,29H,6-9,12-13H2,1H3/t18-,20-/m0/s1. The molecule has 5 rings (SSSR count). The Hall–Kier alpha value is -2.29. The van der Waals surface area contributed by atoms with Gasteiger partial charge in [-0.15, -0.1) is 0 Å². The summed E-state index contributed by atoms with van der Waals surface area (Å²) in [5.74, 6) is 0.383. The number of hydrogen-bond acceptors (Lipinski definition) is 5. The molecular weight excluding hydrogens is 446 g/mol. The molecular formula is C22H24BrN5O2. The highest BCUT2D eigenvalue weighted by Crippen LogP contribution is 2.26. The van der Waals surface area contributed by atoms with Crippen molar-refractivity contribution in [3.8, 4) is 0 Å². The summed E-state index contributed by atoms with van der Waals surface area (Å²) in [5.41, 5.74) is 4.10. The molecule has 8 heteroatoms. The fraction of sp³-hybridized carbons (Fsp3) is 0.409. The zero-order valence-electron chi connectivity index (χ0n) is 16.8. The molecule has 1 saturated heterocycles. The second-order valence-corrected chi connectivity index (χ2v) is 8.99. The Morgan fingerprint density at radius 2 is 1.93 bits per heavy atom. The molecule has 0 saturated carbocycles. The second kappa shape index (κ2) is 7.76. The van der Waals surface area contributed by atoms with Gasteiger partial charge in [0.2, 0.25) is 5.78 Å². The van der Waals surface area contributed by atoms with Gasteiger partial charge in [0.1, 0.15) is 5.69 Å². The van der Waals surface area contributed by atoms with E-state index in [4.69, 9.17) is 0 Å². The summed E-state index contributed by atoms with van der Waals surface area (Å²) in [4.78, 5) is 25.9. The van der Waals surface area contributed by atoms with Gasteiger partial charge in [-0.25, -0.2) is 9.97 Å². The van der Waals surface area contributed by atoms with Crippen molar-refractivity contribution in [2.45, 2.75) is 38.5 Å². The molecule has 2 atom stereocenters. The first-order valence-corrected chi connectivity index (χ1v) is 11.1. The van der Waals surface area contributed by atoms with E-state index in [9.17, 15) is 9.90 Å². The maximum atomic E-state index is 13.2. The monoisotopic (exact) mass is 469 g/mol. The van der Waals surface area contributed by atoms with E-state index in [2.05, 4.69) is 55.1 Å². The van der Waals surface area contributed by atoms with Crippen LogP contribution in [0.2, 0.25) is 0 Å². The van der Waals surface area contributed by atoms with E-state index in [-0.39, 0.29) is 11.9 Å². The predicted octanol–water partition coefficient (Wildman–Crippen LogP) is 2.43. The maximum Gasteiger partial charge on any atom is 0.272 e. The molecule has 1 N–H and O–H groups in total. The van der Waals surface area contributed by atoms with Gasteiger partial charge in [-0.1, -0.05) is 24.3 Å². The van der Waals surface area contributed by atoms with Crippen molar-refractivity contribution in [2.75, 3.05) is 19.6 Å². The van der Waals surface area contributed by atoms with Gasteiger partial charge >= 0.3 is 0 Å².